The molecule has 0 spiro atoms. The molecule has 4 rings (SSSR count). The number of aromatic nitrogens is 1. The number of benzene rings is 2. The number of carbonyl (C=O) groups excluding carboxylic acids is 1. The van der Waals surface area contributed by atoms with Crippen LogP contribution in [0.1, 0.15) is 31.0 Å². The van der Waals surface area contributed by atoms with E-state index in [2.05, 4.69) is 4.99 Å². The van der Waals surface area contributed by atoms with Crippen molar-refractivity contribution in [1.82, 2.24) is 4.57 Å². The monoisotopic (exact) mass is 450 g/mol. The normalized spacial score (nSPS) is 15.8. The van der Waals surface area contributed by atoms with E-state index in [1.165, 1.54) is 15.9 Å². The third kappa shape index (κ3) is 3.97. The number of allylic oxidation sites excluding steroid dienone is 1. The highest BCUT2D eigenvalue weighted by Gasteiger charge is 2.33. The van der Waals surface area contributed by atoms with Crippen LogP contribution in [0, 0.1) is 0 Å². The number of rotatable bonds is 5. The van der Waals surface area contributed by atoms with Crippen LogP contribution in [-0.2, 0) is 9.53 Å². The number of fused-ring (bicyclic) bond motifs is 1. The lowest BCUT2D eigenvalue weighted by molar-refractivity contribution is -0.139. The van der Waals surface area contributed by atoms with Crippen LogP contribution in [0.3, 0.4) is 0 Å². The van der Waals surface area contributed by atoms with Gasteiger partial charge in [0.15, 0.2) is 4.80 Å². The number of hydrogen-bond acceptors (Lipinski definition) is 7. The summed E-state index contributed by atoms with van der Waals surface area (Å²) in [4.78, 5) is 31.4. The molecule has 0 bridgehead atoms. The number of carbonyl (C=O) groups is 1. The van der Waals surface area contributed by atoms with E-state index in [1.807, 2.05) is 12.1 Å². The summed E-state index contributed by atoms with van der Waals surface area (Å²) in [5.74, 6) is 0.261. The van der Waals surface area contributed by atoms with Gasteiger partial charge in [0.1, 0.15) is 11.5 Å². The van der Waals surface area contributed by atoms with Gasteiger partial charge in [0, 0.05) is 0 Å². The Kier molecular flexibility index (Phi) is 5.96. The van der Waals surface area contributed by atoms with Crippen molar-refractivity contribution < 1.29 is 19.4 Å². The first-order valence-corrected chi connectivity index (χ1v) is 10.9. The lowest BCUT2D eigenvalue weighted by atomic mass is 9.95. The smallest absolute Gasteiger partial charge is 0.338 e. The topological polar surface area (TPSA) is 90.1 Å². The summed E-state index contributed by atoms with van der Waals surface area (Å²) in [6.45, 7) is 3.70. The SMILES string of the molecule is CCOC(=O)C1=C(C)N=c2s/c(=C\c3ccc(O)cc3)c(=O)n2[C@H]1c1cccc(OC)c1. The second-order valence-corrected chi connectivity index (χ2v) is 8.18. The van der Waals surface area contributed by atoms with E-state index >= 15 is 0 Å². The van der Waals surface area contributed by atoms with Crippen molar-refractivity contribution in [3.8, 4) is 11.5 Å². The van der Waals surface area contributed by atoms with Crippen LogP contribution >= 0.6 is 11.3 Å². The summed E-state index contributed by atoms with van der Waals surface area (Å²) in [6.07, 6.45) is 1.75. The molecule has 32 heavy (non-hydrogen) atoms. The molecular weight excluding hydrogens is 428 g/mol. The van der Waals surface area contributed by atoms with Gasteiger partial charge in [-0.25, -0.2) is 9.79 Å². The van der Waals surface area contributed by atoms with Crippen molar-refractivity contribution in [3.05, 3.63) is 90.6 Å². The van der Waals surface area contributed by atoms with Crippen LogP contribution in [0.5, 0.6) is 11.5 Å². The highest BCUT2D eigenvalue weighted by molar-refractivity contribution is 7.07. The van der Waals surface area contributed by atoms with Crippen LogP contribution in [0.4, 0.5) is 0 Å². The predicted octanol–water partition coefficient (Wildman–Crippen LogP) is 2.51. The first-order chi connectivity index (χ1) is 15.4. The minimum atomic E-state index is -0.692. The molecule has 164 valence electrons. The molecule has 0 aliphatic carbocycles. The molecule has 0 saturated heterocycles. The fourth-order valence-electron chi connectivity index (χ4n) is 3.64. The second-order valence-electron chi connectivity index (χ2n) is 7.17. The molecule has 0 saturated carbocycles. The lowest BCUT2D eigenvalue weighted by Crippen LogP contribution is -2.39. The summed E-state index contributed by atoms with van der Waals surface area (Å²) in [5.41, 5.74) is 2.06. The maximum absolute atomic E-state index is 13.5. The van der Waals surface area contributed by atoms with Gasteiger partial charge in [-0.15, -0.1) is 0 Å². The maximum atomic E-state index is 13.5. The molecule has 7 nitrogen and oxygen atoms in total. The van der Waals surface area contributed by atoms with Crippen molar-refractivity contribution in [2.45, 2.75) is 19.9 Å². The zero-order valence-electron chi connectivity index (χ0n) is 17.9. The minimum absolute atomic E-state index is 0.149. The highest BCUT2D eigenvalue weighted by Crippen LogP contribution is 2.32. The standard InChI is InChI=1S/C24H22N2O5S/c1-4-31-23(29)20-14(2)25-24-26(21(20)16-6-5-7-18(13-16)30-3)22(28)19(32-24)12-15-8-10-17(27)11-9-15/h5-13,21,27H,4H2,1-3H3/b19-12-/t21-/m0/s1. The number of aromatic hydroxyl groups is 1. The number of methoxy groups -OCH3 is 1. The summed E-state index contributed by atoms with van der Waals surface area (Å²) < 4.78 is 12.7. The largest absolute Gasteiger partial charge is 0.508 e. The number of hydrogen-bond donors (Lipinski definition) is 1. The minimum Gasteiger partial charge on any atom is -0.508 e. The first kappa shape index (κ1) is 21.6. The van der Waals surface area contributed by atoms with E-state index in [4.69, 9.17) is 9.47 Å². The second kappa shape index (κ2) is 8.84. The Morgan fingerprint density at radius 2 is 2.00 bits per heavy atom. The summed E-state index contributed by atoms with van der Waals surface area (Å²) in [5, 5.41) is 9.52. The molecule has 8 heteroatoms. The zero-order chi connectivity index (χ0) is 22.8. The molecule has 2 heterocycles. The summed E-state index contributed by atoms with van der Waals surface area (Å²) in [7, 11) is 1.57. The Morgan fingerprint density at radius 1 is 1.25 bits per heavy atom. The van der Waals surface area contributed by atoms with Gasteiger partial charge >= 0.3 is 5.97 Å². The predicted molar refractivity (Wildman–Crippen MR) is 121 cm³/mol. The van der Waals surface area contributed by atoms with E-state index in [0.717, 1.165) is 11.1 Å². The highest BCUT2D eigenvalue weighted by atomic mass is 32.1. The van der Waals surface area contributed by atoms with E-state index in [-0.39, 0.29) is 17.9 Å². The van der Waals surface area contributed by atoms with Crippen molar-refractivity contribution in [1.29, 1.82) is 0 Å². The van der Waals surface area contributed by atoms with Gasteiger partial charge in [0.25, 0.3) is 5.56 Å². The van der Waals surface area contributed by atoms with Crippen LogP contribution in [-0.4, -0.2) is 29.4 Å². The van der Waals surface area contributed by atoms with Crippen LogP contribution in [0.2, 0.25) is 0 Å². The fraction of sp³-hybridized carbons (Fsp3) is 0.208. The van der Waals surface area contributed by atoms with Crippen molar-refractivity contribution in [2.24, 2.45) is 4.99 Å². The van der Waals surface area contributed by atoms with Crippen molar-refractivity contribution in [2.75, 3.05) is 13.7 Å². The van der Waals surface area contributed by atoms with Gasteiger partial charge in [-0.1, -0.05) is 35.6 Å². The zero-order valence-corrected chi connectivity index (χ0v) is 18.7. The molecule has 0 fully saturated rings. The van der Waals surface area contributed by atoms with Gasteiger partial charge in [0.05, 0.1) is 35.6 Å². The van der Waals surface area contributed by atoms with Crippen LogP contribution in [0.15, 0.2) is 69.6 Å². The van der Waals surface area contributed by atoms with Crippen LogP contribution in [0.25, 0.3) is 6.08 Å². The molecule has 0 amide bonds. The number of phenolic OH excluding ortho intramolecular Hbond substituents is 1. The number of esters is 1. The molecule has 0 unspecified atom stereocenters. The van der Waals surface area contributed by atoms with Gasteiger partial charge in [0.2, 0.25) is 0 Å². The molecular formula is C24H22N2O5S. The van der Waals surface area contributed by atoms with Crippen molar-refractivity contribution in [3.63, 3.8) is 0 Å². The Labute approximate surface area is 188 Å². The third-order valence-electron chi connectivity index (χ3n) is 5.12. The Morgan fingerprint density at radius 3 is 2.69 bits per heavy atom. The van der Waals surface area contributed by atoms with E-state index < -0.39 is 12.0 Å². The molecule has 0 radical (unpaired) electrons. The molecule has 1 aromatic heterocycles. The molecule has 1 aliphatic heterocycles. The van der Waals surface area contributed by atoms with E-state index in [1.54, 1.807) is 63.4 Å². The lowest BCUT2D eigenvalue weighted by Gasteiger charge is -2.25. The number of phenols is 1. The van der Waals surface area contributed by atoms with E-state index in [0.29, 0.717) is 26.4 Å². The molecule has 3 aromatic rings. The maximum Gasteiger partial charge on any atom is 0.338 e. The van der Waals surface area contributed by atoms with Gasteiger partial charge in [-0.05, 0) is 55.3 Å². The van der Waals surface area contributed by atoms with Gasteiger partial charge in [-0.3, -0.25) is 9.36 Å². The average molecular weight is 451 g/mol. The third-order valence-corrected chi connectivity index (χ3v) is 6.10. The molecule has 1 N–H and O–H groups in total. The summed E-state index contributed by atoms with van der Waals surface area (Å²) >= 11 is 1.25. The van der Waals surface area contributed by atoms with E-state index in [9.17, 15) is 14.7 Å². The first-order valence-electron chi connectivity index (χ1n) is 10.1. The Bertz CT molecular complexity index is 1380. The molecule has 1 aliphatic rings. The van der Waals surface area contributed by atoms with Gasteiger partial charge in [-0.2, -0.15) is 0 Å². The van der Waals surface area contributed by atoms with Gasteiger partial charge < -0.3 is 14.6 Å². The number of thiazole rings is 1. The molecule has 2 aromatic carbocycles. The number of nitrogens with zero attached hydrogens (tertiary/aromatic N) is 2. The van der Waals surface area contributed by atoms with Crippen LogP contribution < -0.4 is 19.6 Å². The Balaban J connectivity index is 1.96. The summed E-state index contributed by atoms with van der Waals surface area (Å²) in [6, 6.07) is 13.2. The quantitative estimate of drug-likeness (QED) is 0.604. The average Bonchev–Trinajstić information content (AvgIpc) is 3.09. The number of ether oxygens (including phenoxy) is 2. The van der Waals surface area contributed by atoms with Crippen molar-refractivity contribution >= 4 is 23.4 Å². The fourth-order valence-corrected chi connectivity index (χ4v) is 4.69. The Hall–Kier alpha value is -3.65. The molecule has 1 atom stereocenters.